The molecule has 0 aliphatic rings. The Kier molecular flexibility index (Phi) is 1.59. The highest BCUT2D eigenvalue weighted by atomic mass is 32.1. The van der Waals surface area contributed by atoms with Crippen LogP contribution in [0.4, 0.5) is 6.01 Å². The van der Waals surface area contributed by atoms with Crippen molar-refractivity contribution < 1.29 is 4.42 Å². The molecule has 0 aliphatic carbocycles. The lowest BCUT2D eigenvalue weighted by molar-refractivity contribution is 0.573. The Balaban J connectivity index is 2.58. The summed E-state index contributed by atoms with van der Waals surface area (Å²) in [5.41, 5.74) is 5.08. The van der Waals surface area contributed by atoms with Gasteiger partial charge in [0.1, 0.15) is 0 Å². The molecule has 0 amide bonds. The van der Waals surface area contributed by atoms with Gasteiger partial charge in [-0.25, -0.2) is 0 Å². The zero-order valence-corrected chi connectivity index (χ0v) is 5.18. The van der Waals surface area contributed by atoms with E-state index in [0.717, 1.165) is 0 Å². The van der Waals surface area contributed by atoms with E-state index in [1.54, 1.807) is 0 Å². The third kappa shape index (κ3) is 1.65. The molecule has 0 atom stereocenters. The minimum Gasteiger partial charge on any atom is -0.411 e. The summed E-state index contributed by atoms with van der Waals surface area (Å²) in [6.07, 6.45) is 1.18. The van der Waals surface area contributed by atoms with Gasteiger partial charge in [-0.15, -0.1) is 5.10 Å². The summed E-state index contributed by atoms with van der Waals surface area (Å²) in [5, 5.41) is 9.41. The molecule has 48 valence electrons. The number of rotatable bonds is 1. The summed E-state index contributed by atoms with van der Waals surface area (Å²) < 4.78 is 4.64. The zero-order chi connectivity index (χ0) is 6.69. The van der Waals surface area contributed by atoms with Crippen molar-refractivity contribution in [3.05, 3.63) is 6.39 Å². The van der Waals surface area contributed by atoms with Crippen molar-refractivity contribution >= 4 is 23.3 Å². The van der Waals surface area contributed by atoms with Gasteiger partial charge in [-0.3, -0.25) is 5.32 Å². The molecular formula is C3H4N4OS. The molecule has 0 fully saturated rings. The fourth-order valence-electron chi connectivity index (χ4n) is 0.333. The van der Waals surface area contributed by atoms with E-state index in [2.05, 4.69) is 32.1 Å². The molecule has 0 saturated carbocycles. The van der Waals surface area contributed by atoms with Crippen molar-refractivity contribution in [1.82, 2.24) is 10.2 Å². The standard InChI is InChI=1S/C3H4N4OS/c4-2(9)6-3-7-5-1-8-3/h1H,(H3,4,6,7,9). The second kappa shape index (κ2) is 2.40. The number of hydrogen-bond acceptors (Lipinski definition) is 4. The Morgan fingerprint density at radius 1 is 1.89 bits per heavy atom. The van der Waals surface area contributed by atoms with Gasteiger partial charge in [0, 0.05) is 0 Å². The number of nitrogens with zero attached hydrogens (tertiary/aromatic N) is 2. The van der Waals surface area contributed by atoms with Crippen LogP contribution >= 0.6 is 12.2 Å². The normalized spacial score (nSPS) is 8.89. The van der Waals surface area contributed by atoms with Crippen LogP contribution < -0.4 is 11.1 Å². The molecule has 0 saturated heterocycles. The fraction of sp³-hybridized carbons (Fsp3) is 0. The van der Waals surface area contributed by atoms with E-state index < -0.39 is 0 Å². The second-order valence-corrected chi connectivity index (χ2v) is 1.67. The van der Waals surface area contributed by atoms with Crippen molar-refractivity contribution in [2.45, 2.75) is 0 Å². The van der Waals surface area contributed by atoms with E-state index in [9.17, 15) is 0 Å². The van der Waals surface area contributed by atoms with Crippen LogP contribution in [0.5, 0.6) is 0 Å². The number of nitrogens with two attached hydrogens (primary N) is 1. The molecule has 1 aromatic heterocycles. The maximum atomic E-state index is 5.08. The fourth-order valence-corrected chi connectivity index (χ4v) is 0.420. The summed E-state index contributed by atoms with van der Waals surface area (Å²) in [7, 11) is 0. The minimum absolute atomic E-state index is 0.110. The van der Waals surface area contributed by atoms with Crippen LogP contribution in [-0.2, 0) is 0 Å². The van der Waals surface area contributed by atoms with E-state index in [1.807, 2.05) is 0 Å². The summed E-state index contributed by atoms with van der Waals surface area (Å²) in [4.78, 5) is 0. The van der Waals surface area contributed by atoms with Gasteiger partial charge >= 0.3 is 6.01 Å². The first-order valence-corrected chi connectivity index (χ1v) is 2.52. The monoisotopic (exact) mass is 144 g/mol. The van der Waals surface area contributed by atoms with Gasteiger partial charge in [-0.1, -0.05) is 5.10 Å². The van der Waals surface area contributed by atoms with Crippen LogP contribution in [0, 0.1) is 0 Å². The third-order valence-electron chi connectivity index (χ3n) is 0.590. The SMILES string of the molecule is NC(=S)Nc1nnco1. The molecule has 0 aromatic carbocycles. The van der Waals surface area contributed by atoms with Crippen LogP contribution in [0.2, 0.25) is 0 Å². The average molecular weight is 144 g/mol. The molecule has 0 aliphatic heterocycles. The number of aromatic nitrogens is 2. The Morgan fingerprint density at radius 3 is 3.11 bits per heavy atom. The molecule has 0 unspecified atom stereocenters. The molecule has 3 N–H and O–H groups in total. The Morgan fingerprint density at radius 2 is 2.67 bits per heavy atom. The highest BCUT2D eigenvalue weighted by Gasteiger charge is 1.95. The van der Waals surface area contributed by atoms with Crippen LogP contribution in [0.3, 0.4) is 0 Å². The molecule has 1 rings (SSSR count). The van der Waals surface area contributed by atoms with E-state index in [-0.39, 0.29) is 11.1 Å². The van der Waals surface area contributed by atoms with Gasteiger partial charge < -0.3 is 10.2 Å². The molecule has 6 heteroatoms. The highest BCUT2D eigenvalue weighted by Crippen LogP contribution is 1.95. The van der Waals surface area contributed by atoms with E-state index in [1.165, 1.54) is 6.39 Å². The first kappa shape index (κ1) is 5.96. The Bertz CT molecular complexity index is 196. The zero-order valence-electron chi connectivity index (χ0n) is 4.37. The molecule has 0 spiro atoms. The van der Waals surface area contributed by atoms with Gasteiger partial charge in [0.2, 0.25) is 6.39 Å². The van der Waals surface area contributed by atoms with Crippen LogP contribution in [0.25, 0.3) is 0 Å². The predicted molar refractivity (Wildman–Crippen MR) is 34.7 cm³/mol. The molecule has 0 bridgehead atoms. The molecular weight excluding hydrogens is 140 g/mol. The van der Waals surface area contributed by atoms with Crippen molar-refractivity contribution in [1.29, 1.82) is 0 Å². The van der Waals surface area contributed by atoms with E-state index in [4.69, 9.17) is 5.73 Å². The predicted octanol–water partition coefficient (Wildman–Crippen LogP) is -0.275. The molecule has 0 radical (unpaired) electrons. The second-order valence-electron chi connectivity index (χ2n) is 1.23. The Labute approximate surface area is 56.2 Å². The molecule has 1 aromatic rings. The number of nitrogens with one attached hydrogen (secondary N) is 1. The number of hydrogen-bond donors (Lipinski definition) is 2. The highest BCUT2D eigenvalue weighted by molar-refractivity contribution is 7.80. The molecule has 5 nitrogen and oxygen atoms in total. The minimum atomic E-state index is 0.110. The largest absolute Gasteiger partial charge is 0.411 e. The molecule has 9 heavy (non-hydrogen) atoms. The lowest BCUT2D eigenvalue weighted by atomic mass is 11.0. The lowest BCUT2D eigenvalue weighted by Crippen LogP contribution is -2.18. The first-order valence-electron chi connectivity index (χ1n) is 2.11. The van der Waals surface area contributed by atoms with Gasteiger partial charge in [0.25, 0.3) is 0 Å². The summed E-state index contributed by atoms with van der Waals surface area (Å²) in [6.45, 7) is 0. The summed E-state index contributed by atoms with van der Waals surface area (Å²) >= 11 is 4.48. The van der Waals surface area contributed by atoms with Crippen molar-refractivity contribution in [3.8, 4) is 0 Å². The maximum absolute atomic E-state index is 5.08. The lowest BCUT2D eigenvalue weighted by Gasteiger charge is -1.91. The smallest absolute Gasteiger partial charge is 0.321 e. The summed E-state index contributed by atoms with van der Waals surface area (Å²) in [5.74, 6) is 0. The number of anilines is 1. The topological polar surface area (TPSA) is 77.0 Å². The van der Waals surface area contributed by atoms with Gasteiger partial charge in [-0.05, 0) is 12.2 Å². The quantitative estimate of drug-likeness (QED) is 0.528. The van der Waals surface area contributed by atoms with Crippen molar-refractivity contribution in [3.63, 3.8) is 0 Å². The van der Waals surface area contributed by atoms with Gasteiger partial charge in [0.15, 0.2) is 5.11 Å². The van der Waals surface area contributed by atoms with Crippen LogP contribution in [0.15, 0.2) is 10.8 Å². The van der Waals surface area contributed by atoms with Crippen molar-refractivity contribution in [2.75, 3.05) is 5.32 Å². The first-order chi connectivity index (χ1) is 4.29. The molecule has 1 heterocycles. The van der Waals surface area contributed by atoms with E-state index >= 15 is 0 Å². The maximum Gasteiger partial charge on any atom is 0.321 e. The average Bonchev–Trinajstić information content (AvgIpc) is 2.15. The summed E-state index contributed by atoms with van der Waals surface area (Å²) in [6, 6.07) is 0.211. The Hall–Kier alpha value is -1.17. The third-order valence-corrected chi connectivity index (χ3v) is 0.692. The number of thiocarbonyl (C=S) groups is 1. The van der Waals surface area contributed by atoms with E-state index in [0.29, 0.717) is 0 Å². The van der Waals surface area contributed by atoms with Gasteiger partial charge in [0.05, 0.1) is 0 Å². The van der Waals surface area contributed by atoms with Crippen LogP contribution in [-0.4, -0.2) is 15.3 Å². The van der Waals surface area contributed by atoms with Crippen LogP contribution in [0.1, 0.15) is 0 Å². The van der Waals surface area contributed by atoms with Gasteiger partial charge in [-0.2, -0.15) is 0 Å². The van der Waals surface area contributed by atoms with Crippen molar-refractivity contribution in [2.24, 2.45) is 5.73 Å².